The van der Waals surface area contributed by atoms with Gasteiger partial charge in [-0.15, -0.1) is 11.8 Å². The molecule has 1 saturated heterocycles. The van der Waals surface area contributed by atoms with Crippen molar-refractivity contribution in [2.75, 3.05) is 37.3 Å². The number of carboxylic acid groups (broad SMARTS) is 1. The number of likely N-dealkylation sites (tertiary alicyclic amines) is 1. The number of carbonyl (C=O) groups excluding carboxylic acids is 1. The maximum Gasteiger partial charge on any atom is 0.356 e. The molecule has 3 heterocycles. The predicted octanol–water partition coefficient (Wildman–Crippen LogP) is 10.8. The molecule has 3 N–H and O–H groups in total. The molecule has 5 aromatic carbocycles. The van der Waals surface area contributed by atoms with E-state index in [4.69, 9.17) is 4.74 Å². The number of nitrogens with zero attached hydrogens (tertiary/aromatic N) is 4. The molecular formula is C54H58N6O8S2. The monoisotopic (exact) mass is 982 g/mol. The number of nitro benzene ring substituents is 1. The Morgan fingerprint density at radius 1 is 0.914 bits per heavy atom. The van der Waals surface area contributed by atoms with Crippen LogP contribution in [0.25, 0.3) is 27.5 Å². The van der Waals surface area contributed by atoms with Crippen LogP contribution in [-0.2, 0) is 16.4 Å². The van der Waals surface area contributed by atoms with Crippen molar-refractivity contribution in [2.24, 2.45) is 11.8 Å². The van der Waals surface area contributed by atoms with Crippen LogP contribution in [0.2, 0.25) is 0 Å². The molecule has 2 aromatic heterocycles. The summed E-state index contributed by atoms with van der Waals surface area (Å²) in [6, 6.07) is 35.8. The summed E-state index contributed by atoms with van der Waals surface area (Å²) in [7, 11) is -4.57. The SMILES string of the molecule is Cc1cc(C(=O)NS(=O)(=O)c2ccc(N[C@H](CCN3CCC(C(C)C)CC3)CSc3ccccc3)c([N+](=O)[O-])c2)cc(C)c1-c1cccc2c(CCCOc3cccc4ccccc34)c(C(=O)O)nn12. The van der Waals surface area contributed by atoms with Crippen LogP contribution in [0.1, 0.15) is 77.1 Å². The quantitative estimate of drug-likeness (QED) is 0.0284. The molecule has 0 spiro atoms. The molecule has 1 fully saturated rings. The third-order valence-corrected chi connectivity index (χ3v) is 15.7. The van der Waals surface area contributed by atoms with Gasteiger partial charge in [-0.05, 0) is 142 Å². The van der Waals surface area contributed by atoms with Crippen LogP contribution >= 0.6 is 11.8 Å². The number of piperidine rings is 1. The Morgan fingerprint density at radius 3 is 2.33 bits per heavy atom. The van der Waals surface area contributed by atoms with Crippen molar-refractivity contribution in [1.29, 1.82) is 0 Å². The molecule has 1 aliphatic heterocycles. The lowest BCUT2D eigenvalue weighted by Gasteiger charge is -2.34. The third-order valence-electron chi connectivity index (χ3n) is 13.2. The van der Waals surface area contributed by atoms with Crippen LogP contribution in [0.15, 0.2) is 131 Å². The van der Waals surface area contributed by atoms with E-state index in [1.54, 1.807) is 42.3 Å². The highest BCUT2D eigenvalue weighted by atomic mass is 32.2. The zero-order valence-electron chi connectivity index (χ0n) is 39.8. The molecule has 1 atom stereocenters. The lowest BCUT2D eigenvalue weighted by molar-refractivity contribution is -0.384. The van der Waals surface area contributed by atoms with Crippen molar-refractivity contribution in [3.8, 4) is 17.0 Å². The molecule has 364 valence electrons. The van der Waals surface area contributed by atoms with Crippen molar-refractivity contribution in [1.82, 2.24) is 19.2 Å². The van der Waals surface area contributed by atoms with E-state index in [1.807, 2.05) is 91.0 Å². The largest absolute Gasteiger partial charge is 0.493 e. The van der Waals surface area contributed by atoms with Gasteiger partial charge in [0, 0.05) is 51.4 Å². The molecule has 0 radical (unpaired) electrons. The fourth-order valence-electron chi connectivity index (χ4n) is 9.48. The van der Waals surface area contributed by atoms with E-state index in [1.165, 1.54) is 12.1 Å². The number of nitrogens with one attached hydrogen (secondary N) is 2. The first-order chi connectivity index (χ1) is 33.7. The topological polar surface area (TPSA) is 185 Å². The van der Waals surface area contributed by atoms with E-state index >= 15 is 0 Å². The summed E-state index contributed by atoms with van der Waals surface area (Å²) in [4.78, 5) is 41.3. The summed E-state index contributed by atoms with van der Waals surface area (Å²) in [5, 5.41) is 32.8. The fraction of sp³-hybridized carbons (Fsp3) is 0.315. The summed E-state index contributed by atoms with van der Waals surface area (Å²) >= 11 is 1.65. The second-order valence-electron chi connectivity index (χ2n) is 18.3. The molecule has 8 rings (SSSR count). The predicted molar refractivity (Wildman–Crippen MR) is 276 cm³/mol. The number of anilines is 1. The summed E-state index contributed by atoms with van der Waals surface area (Å²) < 4.78 is 37.4. The van der Waals surface area contributed by atoms with Gasteiger partial charge in [0.25, 0.3) is 21.6 Å². The minimum Gasteiger partial charge on any atom is -0.493 e. The molecule has 16 heteroatoms. The molecular weight excluding hydrogens is 925 g/mol. The Hall–Kier alpha value is -6.75. The smallest absolute Gasteiger partial charge is 0.356 e. The van der Waals surface area contributed by atoms with Crippen LogP contribution in [-0.4, -0.2) is 82.9 Å². The maximum atomic E-state index is 13.8. The summed E-state index contributed by atoms with van der Waals surface area (Å²) in [6.45, 7) is 11.3. The lowest BCUT2D eigenvalue weighted by atomic mass is 9.86. The first-order valence-corrected chi connectivity index (χ1v) is 26.1. The number of aromatic carboxylic acids is 1. The van der Waals surface area contributed by atoms with E-state index in [2.05, 4.69) is 33.9 Å². The highest BCUT2D eigenvalue weighted by Gasteiger charge is 2.28. The van der Waals surface area contributed by atoms with Crippen molar-refractivity contribution in [2.45, 2.75) is 75.6 Å². The first-order valence-electron chi connectivity index (χ1n) is 23.6. The number of nitro groups is 1. The Bertz CT molecular complexity index is 3120. The van der Waals surface area contributed by atoms with Crippen molar-refractivity contribution in [3.63, 3.8) is 0 Å². The van der Waals surface area contributed by atoms with E-state index in [0.29, 0.717) is 70.5 Å². The number of carboxylic acids is 1. The maximum absolute atomic E-state index is 13.8. The summed E-state index contributed by atoms with van der Waals surface area (Å²) in [5.41, 5.74) is 3.40. The molecule has 1 aliphatic rings. The van der Waals surface area contributed by atoms with Crippen molar-refractivity contribution >= 4 is 61.3 Å². The van der Waals surface area contributed by atoms with Gasteiger partial charge in [0.2, 0.25) is 0 Å². The molecule has 0 bridgehead atoms. The molecule has 1 amide bonds. The molecule has 0 aliphatic carbocycles. The van der Waals surface area contributed by atoms with Crippen LogP contribution in [0, 0.1) is 35.8 Å². The number of hydrogen-bond donors (Lipinski definition) is 3. The average Bonchev–Trinajstić information content (AvgIpc) is 3.73. The Balaban J connectivity index is 0.971. The van der Waals surface area contributed by atoms with Crippen LogP contribution in [0.3, 0.4) is 0 Å². The standard InChI is InChI=1S/C54H58N6O8S2/c1-35(2)38-24-27-58(28-25-38)29-26-41(34-69-42-15-6-5-7-16-42)55-46-23-22-43(33-49(46)60(64)65)70(66,67)57-53(61)40-31-36(3)51(37(4)32-40)48-20-11-19-47-45(52(54(62)63)56-59(47)48)18-12-30-68-50-21-10-14-39-13-8-9-17-44(39)50/h5-11,13-17,19-23,31-33,35,38,41,55H,12,18,24-30,34H2,1-4H3,(H,57,61)(H,62,63)/t41-/m1/s1. The Labute approximate surface area is 412 Å². The molecule has 70 heavy (non-hydrogen) atoms. The number of sulfonamides is 1. The summed E-state index contributed by atoms with van der Waals surface area (Å²) in [5.74, 6) is 0.651. The van der Waals surface area contributed by atoms with Crippen LogP contribution < -0.4 is 14.8 Å². The fourth-order valence-corrected chi connectivity index (χ4v) is 11.5. The Kier molecular flexibility index (Phi) is 15.5. The lowest BCUT2D eigenvalue weighted by Crippen LogP contribution is -2.38. The second-order valence-corrected chi connectivity index (χ2v) is 21.1. The zero-order valence-corrected chi connectivity index (χ0v) is 41.4. The van der Waals surface area contributed by atoms with E-state index in [-0.39, 0.29) is 23.0 Å². The normalized spacial score (nSPS) is 14.0. The highest BCUT2D eigenvalue weighted by Crippen LogP contribution is 2.34. The van der Waals surface area contributed by atoms with Gasteiger partial charge in [0.1, 0.15) is 11.4 Å². The minimum absolute atomic E-state index is 0.0491. The minimum atomic E-state index is -4.57. The second kappa shape index (κ2) is 21.9. The van der Waals surface area contributed by atoms with E-state index in [9.17, 15) is 33.2 Å². The number of pyridine rings is 1. The number of aromatic nitrogens is 2. The van der Waals surface area contributed by atoms with Gasteiger partial charge in [-0.3, -0.25) is 14.9 Å². The number of carbonyl (C=O) groups is 2. The number of ether oxygens (including phenoxy) is 1. The van der Waals surface area contributed by atoms with Gasteiger partial charge >= 0.3 is 5.97 Å². The van der Waals surface area contributed by atoms with Gasteiger partial charge in [-0.1, -0.05) is 74.5 Å². The molecule has 7 aromatic rings. The number of aryl methyl sites for hydroxylation is 3. The highest BCUT2D eigenvalue weighted by molar-refractivity contribution is 7.99. The van der Waals surface area contributed by atoms with Gasteiger partial charge in [0.15, 0.2) is 5.69 Å². The number of rotatable bonds is 20. The number of amides is 1. The van der Waals surface area contributed by atoms with Crippen molar-refractivity contribution < 1.29 is 32.8 Å². The van der Waals surface area contributed by atoms with Gasteiger partial charge < -0.3 is 20.1 Å². The zero-order chi connectivity index (χ0) is 49.5. The van der Waals surface area contributed by atoms with E-state index in [0.717, 1.165) is 66.4 Å². The number of thioether (sulfide) groups is 1. The number of hydrogen-bond acceptors (Lipinski definition) is 11. The van der Waals surface area contributed by atoms with E-state index < -0.39 is 37.4 Å². The first kappa shape index (κ1) is 49.7. The number of fused-ring (bicyclic) bond motifs is 2. The van der Waals surface area contributed by atoms with Crippen LogP contribution in [0.5, 0.6) is 5.75 Å². The molecule has 0 saturated carbocycles. The van der Waals surface area contributed by atoms with Crippen molar-refractivity contribution in [3.05, 3.63) is 159 Å². The summed E-state index contributed by atoms with van der Waals surface area (Å²) in [6.07, 6.45) is 3.93. The van der Waals surface area contributed by atoms with Crippen LogP contribution in [0.4, 0.5) is 11.4 Å². The molecule has 0 unspecified atom stereocenters. The van der Waals surface area contributed by atoms with Gasteiger partial charge in [-0.25, -0.2) is 22.4 Å². The van der Waals surface area contributed by atoms with Gasteiger partial charge in [-0.2, -0.15) is 5.10 Å². The third kappa shape index (κ3) is 11.5. The van der Waals surface area contributed by atoms with Gasteiger partial charge in [0.05, 0.1) is 27.6 Å². The Morgan fingerprint density at radius 2 is 1.61 bits per heavy atom. The molecule has 14 nitrogen and oxygen atoms in total. The number of benzene rings is 5. The average molecular weight is 983 g/mol.